The van der Waals surface area contributed by atoms with Gasteiger partial charge in [-0.2, -0.15) is 5.06 Å². The zero-order valence-electron chi connectivity index (χ0n) is 14.3. The lowest BCUT2D eigenvalue weighted by Gasteiger charge is -2.27. The Kier molecular flexibility index (Phi) is 4.19. The fourth-order valence-electron chi connectivity index (χ4n) is 3.05. The summed E-state index contributed by atoms with van der Waals surface area (Å²) in [5, 5.41) is 1.64. The molecular formula is C21H18N2O3. The fourth-order valence-corrected chi connectivity index (χ4v) is 3.05. The van der Waals surface area contributed by atoms with E-state index in [2.05, 4.69) is 0 Å². The number of nitrogens with zero attached hydrogens (tertiary/aromatic N) is 2. The fraction of sp³-hybridized carbons (Fsp3) is 0.0952. The van der Waals surface area contributed by atoms with E-state index in [1.54, 1.807) is 17.1 Å². The first-order valence-corrected chi connectivity index (χ1v) is 8.32. The number of para-hydroxylation sites is 1. The molecule has 0 N–H and O–H groups in total. The van der Waals surface area contributed by atoms with Crippen LogP contribution in [0.5, 0.6) is 5.75 Å². The molecule has 0 aromatic heterocycles. The molecule has 1 aliphatic rings. The minimum absolute atomic E-state index is 0.403. The number of benzene rings is 3. The van der Waals surface area contributed by atoms with Gasteiger partial charge in [0, 0.05) is 0 Å². The highest BCUT2D eigenvalue weighted by molar-refractivity contribution is 5.92. The lowest BCUT2D eigenvalue weighted by atomic mass is 10.1. The molecule has 1 saturated heterocycles. The van der Waals surface area contributed by atoms with Crippen LogP contribution < -0.4 is 14.7 Å². The third kappa shape index (κ3) is 2.84. The van der Waals surface area contributed by atoms with E-state index in [1.807, 2.05) is 84.9 Å². The molecule has 0 aliphatic carbocycles. The van der Waals surface area contributed by atoms with E-state index in [9.17, 15) is 4.79 Å². The summed E-state index contributed by atoms with van der Waals surface area (Å²) in [4.78, 5) is 20.0. The van der Waals surface area contributed by atoms with Crippen LogP contribution in [0.3, 0.4) is 0 Å². The van der Waals surface area contributed by atoms with Gasteiger partial charge in [0.2, 0.25) is 0 Å². The number of amides is 1. The molecule has 3 aromatic carbocycles. The van der Waals surface area contributed by atoms with Gasteiger partial charge < -0.3 is 9.57 Å². The van der Waals surface area contributed by atoms with Crippen LogP contribution in [-0.2, 0) is 4.84 Å². The molecule has 0 spiro atoms. The number of hydrogen-bond acceptors (Lipinski definition) is 4. The van der Waals surface area contributed by atoms with Crippen molar-refractivity contribution >= 4 is 17.5 Å². The first-order valence-electron chi connectivity index (χ1n) is 8.32. The zero-order valence-corrected chi connectivity index (χ0v) is 14.3. The average Bonchev–Trinajstić information content (AvgIpc) is 3.06. The second-order valence-corrected chi connectivity index (χ2v) is 5.87. The number of anilines is 2. The van der Waals surface area contributed by atoms with Crippen LogP contribution in [0.25, 0.3) is 0 Å². The van der Waals surface area contributed by atoms with E-state index in [0.29, 0.717) is 0 Å². The second-order valence-electron chi connectivity index (χ2n) is 5.87. The SMILES string of the molecule is COc1ccc(N2C(=O)ON(c3ccccc3)C2c2ccccc2)cc1. The van der Waals surface area contributed by atoms with Crippen molar-refractivity contribution in [2.24, 2.45) is 0 Å². The summed E-state index contributed by atoms with van der Waals surface area (Å²) in [5.74, 6) is 0.734. The van der Waals surface area contributed by atoms with E-state index < -0.39 is 12.3 Å². The summed E-state index contributed by atoms with van der Waals surface area (Å²) >= 11 is 0. The molecule has 0 bridgehead atoms. The van der Waals surface area contributed by atoms with Gasteiger partial charge >= 0.3 is 6.09 Å². The summed E-state index contributed by atoms with van der Waals surface area (Å²) in [6, 6.07) is 26.8. The lowest BCUT2D eigenvalue weighted by molar-refractivity contribution is 0.164. The first kappa shape index (κ1) is 16.0. The van der Waals surface area contributed by atoms with Crippen LogP contribution in [0.1, 0.15) is 11.7 Å². The molecule has 1 atom stereocenters. The molecule has 1 unspecified atom stereocenters. The monoisotopic (exact) mass is 346 g/mol. The van der Waals surface area contributed by atoms with Crippen LogP contribution in [0.4, 0.5) is 16.2 Å². The van der Waals surface area contributed by atoms with Crippen molar-refractivity contribution in [1.29, 1.82) is 0 Å². The van der Waals surface area contributed by atoms with Crippen molar-refractivity contribution in [2.75, 3.05) is 17.1 Å². The highest BCUT2D eigenvalue weighted by atomic mass is 16.7. The van der Waals surface area contributed by atoms with Gasteiger partial charge in [0.15, 0.2) is 6.17 Å². The van der Waals surface area contributed by atoms with Gasteiger partial charge in [0.1, 0.15) is 5.75 Å². The van der Waals surface area contributed by atoms with E-state index >= 15 is 0 Å². The topological polar surface area (TPSA) is 42.0 Å². The summed E-state index contributed by atoms with van der Waals surface area (Å²) in [6.45, 7) is 0. The van der Waals surface area contributed by atoms with Crippen LogP contribution in [0.15, 0.2) is 84.9 Å². The number of rotatable bonds is 4. The molecule has 0 saturated carbocycles. The minimum atomic E-state index is -0.423. The molecule has 1 aliphatic heterocycles. The molecule has 5 nitrogen and oxygen atoms in total. The van der Waals surface area contributed by atoms with Crippen LogP contribution in [0, 0.1) is 0 Å². The van der Waals surface area contributed by atoms with Crippen LogP contribution >= 0.6 is 0 Å². The largest absolute Gasteiger partial charge is 0.497 e. The van der Waals surface area contributed by atoms with Crippen molar-refractivity contribution in [1.82, 2.24) is 0 Å². The number of carbonyl (C=O) groups is 1. The van der Waals surface area contributed by atoms with E-state index in [1.165, 1.54) is 0 Å². The van der Waals surface area contributed by atoms with Crippen molar-refractivity contribution in [3.8, 4) is 5.75 Å². The van der Waals surface area contributed by atoms with E-state index in [4.69, 9.17) is 9.57 Å². The number of methoxy groups -OCH3 is 1. The predicted octanol–water partition coefficient (Wildman–Crippen LogP) is 4.77. The Labute approximate surface area is 151 Å². The molecule has 1 amide bonds. The maximum atomic E-state index is 12.7. The molecule has 5 heteroatoms. The third-order valence-electron chi connectivity index (χ3n) is 4.30. The lowest BCUT2D eigenvalue weighted by Crippen LogP contribution is -2.31. The first-order chi connectivity index (χ1) is 12.8. The van der Waals surface area contributed by atoms with Crippen molar-refractivity contribution < 1.29 is 14.4 Å². The second kappa shape index (κ2) is 6.80. The zero-order chi connectivity index (χ0) is 17.9. The molecule has 130 valence electrons. The molecule has 26 heavy (non-hydrogen) atoms. The van der Waals surface area contributed by atoms with Crippen LogP contribution in [0.2, 0.25) is 0 Å². The van der Waals surface area contributed by atoms with Gasteiger partial charge in [-0.1, -0.05) is 48.5 Å². The third-order valence-corrected chi connectivity index (χ3v) is 4.30. The molecular weight excluding hydrogens is 328 g/mol. The van der Waals surface area contributed by atoms with E-state index in [0.717, 1.165) is 22.7 Å². The van der Waals surface area contributed by atoms with Gasteiger partial charge in [-0.15, -0.1) is 0 Å². The standard InChI is InChI=1S/C21H18N2O3/c1-25-19-14-12-17(13-15-19)22-20(16-8-4-2-5-9-16)23(26-21(22)24)18-10-6-3-7-11-18/h2-15,20H,1H3. The highest BCUT2D eigenvalue weighted by Crippen LogP contribution is 2.39. The Morgan fingerprint density at radius 1 is 0.808 bits per heavy atom. The van der Waals surface area contributed by atoms with Crippen LogP contribution in [-0.4, -0.2) is 13.2 Å². The summed E-state index contributed by atoms with van der Waals surface area (Å²) in [6.07, 6.45) is -0.827. The van der Waals surface area contributed by atoms with Crippen molar-refractivity contribution in [3.63, 3.8) is 0 Å². The quantitative estimate of drug-likeness (QED) is 0.682. The van der Waals surface area contributed by atoms with E-state index in [-0.39, 0.29) is 0 Å². The summed E-state index contributed by atoms with van der Waals surface area (Å²) in [7, 11) is 1.61. The van der Waals surface area contributed by atoms with Crippen molar-refractivity contribution in [3.05, 3.63) is 90.5 Å². The number of ether oxygens (including phenoxy) is 1. The predicted molar refractivity (Wildman–Crippen MR) is 100 cm³/mol. The molecule has 0 radical (unpaired) electrons. The van der Waals surface area contributed by atoms with Gasteiger partial charge in [-0.3, -0.25) is 0 Å². The summed E-state index contributed by atoms with van der Waals surface area (Å²) in [5.41, 5.74) is 2.51. The van der Waals surface area contributed by atoms with Gasteiger partial charge in [-0.25, -0.2) is 9.69 Å². The van der Waals surface area contributed by atoms with Gasteiger partial charge in [-0.05, 0) is 42.0 Å². The molecule has 3 aromatic rings. The Morgan fingerprint density at radius 2 is 1.42 bits per heavy atom. The highest BCUT2D eigenvalue weighted by Gasteiger charge is 2.42. The Hall–Kier alpha value is -3.47. The Balaban J connectivity index is 1.79. The minimum Gasteiger partial charge on any atom is -0.497 e. The van der Waals surface area contributed by atoms with Gasteiger partial charge in [0.05, 0.1) is 18.5 Å². The normalized spacial score (nSPS) is 16.5. The summed E-state index contributed by atoms with van der Waals surface area (Å²) < 4.78 is 5.22. The smallest absolute Gasteiger partial charge is 0.440 e. The molecule has 4 rings (SSSR count). The average molecular weight is 346 g/mol. The van der Waals surface area contributed by atoms with Gasteiger partial charge in [0.25, 0.3) is 0 Å². The maximum Gasteiger partial charge on any atom is 0.440 e. The molecule has 1 fully saturated rings. The Bertz CT molecular complexity index is 882. The Morgan fingerprint density at radius 3 is 2.04 bits per heavy atom. The number of hydrogen-bond donors (Lipinski definition) is 0. The number of carbonyl (C=O) groups excluding carboxylic acids is 1. The maximum absolute atomic E-state index is 12.7. The molecule has 1 heterocycles. The number of hydroxylamine groups is 1. The van der Waals surface area contributed by atoms with Crippen molar-refractivity contribution in [2.45, 2.75) is 6.17 Å².